The topological polar surface area (TPSA) is 59.6 Å². The second kappa shape index (κ2) is 8.66. The number of carbonyl (C=O) groups excluding carboxylic acids is 1. The third kappa shape index (κ3) is 4.90. The molecule has 2 rings (SSSR count). The van der Waals surface area contributed by atoms with E-state index in [1.165, 1.54) is 0 Å². The van der Waals surface area contributed by atoms with Gasteiger partial charge in [0.15, 0.2) is 11.5 Å². The lowest BCUT2D eigenvalue weighted by Crippen LogP contribution is -2.24. The maximum absolute atomic E-state index is 11.6. The smallest absolute Gasteiger partial charge is 0.220 e. The van der Waals surface area contributed by atoms with E-state index in [0.717, 1.165) is 30.0 Å². The molecule has 0 unspecified atom stereocenters. The van der Waals surface area contributed by atoms with Gasteiger partial charge in [0.1, 0.15) is 13.2 Å². The van der Waals surface area contributed by atoms with E-state index in [0.29, 0.717) is 26.2 Å². The van der Waals surface area contributed by atoms with E-state index >= 15 is 0 Å². The molecule has 1 aromatic rings. The minimum absolute atomic E-state index is 0. The Bertz CT molecular complexity index is 440. The number of amides is 1. The van der Waals surface area contributed by atoms with Gasteiger partial charge in [-0.05, 0) is 37.7 Å². The second-order valence-electron chi connectivity index (χ2n) is 4.46. The molecule has 0 aromatic heterocycles. The molecule has 0 saturated heterocycles. The lowest BCUT2D eigenvalue weighted by Gasteiger charge is -2.19. The lowest BCUT2D eigenvalue weighted by molar-refractivity contribution is -0.121. The number of carbonyl (C=O) groups is 1. The number of hydrogen-bond acceptors (Lipinski definition) is 4. The van der Waals surface area contributed by atoms with Crippen molar-refractivity contribution in [2.45, 2.75) is 19.4 Å². The second-order valence-corrected chi connectivity index (χ2v) is 4.46. The van der Waals surface area contributed by atoms with Crippen LogP contribution in [0.5, 0.6) is 11.5 Å². The lowest BCUT2D eigenvalue weighted by atomic mass is 10.2. The number of ether oxygens (including phenoxy) is 2. The first-order valence-corrected chi connectivity index (χ1v) is 6.59. The van der Waals surface area contributed by atoms with Crippen molar-refractivity contribution >= 4 is 18.3 Å². The molecule has 0 radical (unpaired) electrons. The van der Waals surface area contributed by atoms with Crippen LogP contribution < -0.4 is 20.1 Å². The third-order valence-electron chi connectivity index (χ3n) is 2.93. The molecule has 1 heterocycles. The van der Waals surface area contributed by atoms with Crippen molar-refractivity contribution in [1.29, 1.82) is 0 Å². The van der Waals surface area contributed by atoms with Crippen molar-refractivity contribution in [1.82, 2.24) is 10.6 Å². The summed E-state index contributed by atoms with van der Waals surface area (Å²) in [6, 6.07) is 5.75. The number of hydrogen-bond donors (Lipinski definition) is 2. The molecule has 2 N–H and O–H groups in total. The molecule has 1 aliphatic rings. The highest BCUT2D eigenvalue weighted by Gasteiger charge is 2.11. The van der Waals surface area contributed by atoms with Crippen LogP contribution in [0.3, 0.4) is 0 Å². The van der Waals surface area contributed by atoms with Crippen molar-refractivity contribution in [2.24, 2.45) is 0 Å². The molecule has 1 amide bonds. The Balaban J connectivity index is 0.00000200. The normalized spacial score (nSPS) is 12.4. The summed E-state index contributed by atoms with van der Waals surface area (Å²) in [5.41, 5.74) is 1.02. The quantitative estimate of drug-likeness (QED) is 0.782. The van der Waals surface area contributed by atoms with Gasteiger partial charge < -0.3 is 20.1 Å². The summed E-state index contributed by atoms with van der Waals surface area (Å²) < 4.78 is 11.0. The molecule has 0 spiro atoms. The molecule has 20 heavy (non-hydrogen) atoms. The average molecular weight is 301 g/mol. The van der Waals surface area contributed by atoms with E-state index in [2.05, 4.69) is 10.6 Å². The molecule has 0 aliphatic carbocycles. The fraction of sp³-hybridized carbons (Fsp3) is 0.500. The first-order valence-electron chi connectivity index (χ1n) is 6.59. The molecule has 0 fully saturated rings. The van der Waals surface area contributed by atoms with Crippen molar-refractivity contribution in [2.75, 3.05) is 26.8 Å². The Morgan fingerprint density at radius 1 is 1.25 bits per heavy atom. The zero-order valence-electron chi connectivity index (χ0n) is 11.6. The van der Waals surface area contributed by atoms with Crippen LogP contribution in [0.25, 0.3) is 0 Å². The first kappa shape index (κ1) is 16.6. The van der Waals surface area contributed by atoms with Gasteiger partial charge in [-0.25, -0.2) is 0 Å². The molecule has 5 nitrogen and oxygen atoms in total. The standard InChI is InChI=1S/C14H20N2O3.ClH/c1-15-6-2-3-14(17)16-10-11-4-5-12-13(9-11)19-8-7-18-12;/h4-5,9,15H,2-3,6-8,10H2,1H3,(H,16,17);1H. The van der Waals surface area contributed by atoms with Gasteiger partial charge in [-0.3, -0.25) is 4.79 Å². The third-order valence-corrected chi connectivity index (χ3v) is 2.93. The fourth-order valence-electron chi connectivity index (χ4n) is 1.91. The fourth-order valence-corrected chi connectivity index (χ4v) is 1.91. The number of fused-ring (bicyclic) bond motifs is 1. The maximum Gasteiger partial charge on any atom is 0.220 e. The molecule has 0 saturated carbocycles. The summed E-state index contributed by atoms with van der Waals surface area (Å²) >= 11 is 0. The van der Waals surface area contributed by atoms with Crippen LogP contribution in [0.1, 0.15) is 18.4 Å². The predicted molar refractivity (Wildman–Crippen MR) is 79.7 cm³/mol. The van der Waals surface area contributed by atoms with E-state index in [1.807, 2.05) is 25.2 Å². The highest BCUT2D eigenvalue weighted by molar-refractivity contribution is 5.85. The van der Waals surface area contributed by atoms with E-state index in [1.54, 1.807) is 0 Å². The summed E-state index contributed by atoms with van der Waals surface area (Å²) in [6.45, 7) is 2.55. The predicted octanol–water partition coefficient (Wildman–Crippen LogP) is 1.50. The van der Waals surface area contributed by atoms with Crippen molar-refractivity contribution in [3.63, 3.8) is 0 Å². The van der Waals surface area contributed by atoms with Crippen LogP contribution in [0.15, 0.2) is 18.2 Å². The average Bonchev–Trinajstić information content (AvgIpc) is 2.45. The van der Waals surface area contributed by atoms with E-state index in [9.17, 15) is 4.79 Å². The first-order chi connectivity index (χ1) is 9.29. The Labute approximate surface area is 125 Å². The Morgan fingerprint density at radius 2 is 2.00 bits per heavy atom. The summed E-state index contributed by atoms with van der Waals surface area (Å²) in [7, 11) is 1.88. The Morgan fingerprint density at radius 3 is 2.75 bits per heavy atom. The van der Waals surface area contributed by atoms with Crippen LogP contribution in [-0.4, -0.2) is 32.7 Å². The van der Waals surface area contributed by atoms with Crippen molar-refractivity contribution in [3.05, 3.63) is 23.8 Å². The minimum Gasteiger partial charge on any atom is -0.486 e. The van der Waals surface area contributed by atoms with Gasteiger partial charge in [0.25, 0.3) is 0 Å². The zero-order valence-corrected chi connectivity index (χ0v) is 12.4. The summed E-state index contributed by atoms with van der Waals surface area (Å²) in [5.74, 6) is 1.61. The molecule has 0 bridgehead atoms. The van der Waals surface area contributed by atoms with Gasteiger partial charge >= 0.3 is 0 Å². The van der Waals surface area contributed by atoms with Gasteiger partial charge in [0, 0.05) is 13.0 Å². The number of nitrogens with one attached hydrogen (secondary N) is 2. The highest BCUT2D eigenvalue weighted by Crippen LogP contribution is 2.30. The molecule has 1 aliphatic heterocycles. The molecular formula is C14H21ClN2O3. The van der Waals surface area contributed by atoms with Gasteiger partial charge in [0.2, 0.25) is 5.91 Å². The van der Waals surface area contributed by atoms with Gasteiger partial charge in [0.05, 0.1) is 0 Å². The van der Waals surface area contributed by atoms with E-state index in [-0.39, 0.29) is 18.3 Å². The van der Waals surface area contributed by atoms with Crippen LogP contribution in [0, 0.1) is 0 Å². The van der Waals surface area contributed by atoms with Crippen molar-refractivity contribution in [3.8, 4) is 11.5 Å². The van der Waals surface area contributed by atoms with Gasteiger partial charge in [-0.1, -0.05) is 6.07 Å². The van der Waals surface area contributed by atoms with Crippen molar-refractivity contribution < 1.29 is 14.3 Å². The van der Waals surface area contributed by atoms with E-state index in [4.69, 9.17) is 9.47 Å². The summed E-state index contributed by atoms with van der Waals surface area (Å²) in [4.78, 5) is 11.6. The number of rotatable bonds is 6. The highest BCUT2D eigenvalue weighted by atomic mass is 35.5. The Hall–Kier alpha value is -1.46. The maximum atomic E-state index is 11.6. The van der Waals surface area contributed by atoms with Crippen LogP contribution in [0.2, 0.25) is 0 Å². The molecule has 6 heteroatoms. The summed E-state index contributed by atoms with van der Waals surface area (Å²) in [6.07, 6.45) is 1.40. The molecule has 112 valence electrons. The minimum atomic E-state index is 0. The van der Waals surface area contributed by atoms with Gasteiger partial charge in [-0.2, -0.15) is 0 Å². The van der Waals surface area contributed by atoms with Crippen LogP contribution in [0.4, 0.5) is 0 Å². The largest absolute Gasteiger partial charge is 0.486 e. The molecular weight excluding hydrogens is 280 g/mol. The monoisotopic (exact) mass is 300 g/mol. The molecule has 0 atom stereocenters. The number of halogens is 1. The Kier molecular flexibility index (Phi) is 7.18. The molecule has 1 aromatic carbocycles. The summed E-state index contributed by atoms with van der Waals surface area (Å²) in [5, 5.41) is 5.92. The zero-order chi connectivity index (χ0) is 13.5. The van der Waals surface area contributed by atoms with Crippen LogP contribution in [-0.2, 0) is 11.3 Å². The number of benzene rings is 1. The SMILES string of the molecule is CNCCCC(=O)NCc1ccc2c(c1)OCCO2.Cl. The van der Waals surface area contributed by atoms with Gasteiger partial charge in [-0.15, -0.1) is 12.4 Å². The van der Waals surface area contributed by atoms with E-state index < -0.39 is 0 Å². The van der Waals surface area contributed by atoms with Crippen LogP contribution >= 0.6 is 12.4 Å².